The molecule has 3 rings (SSSR count). The van der Waals surface area contributed by atoms with Crippen LogP contribution in [0.2, 0.25) is 15.1 Å². The van der Waals surface area contributed by atoms with Crippen molar-refractivity contribution >= 4 is 58.2 Å². The van der Waals surface area contributed by atoms with E-state index in [1.54, 1.807) is 25.1 Å². The van der Waals surface area contributed by atoms with Gasteiger partial charge in [0.25, 0.3) is 0 Å². The van der Waals surface area contributed by atoms with Gasteiger partial charge in [0.05, 0.1) is 22.0 Å². The number of thioether (sulfide) groups is 1. The highest BCUT2D eigenvalue weighted by atomic mass is 35.5. The summed E-state index contributed by atoms with van der Waals surface area (Å²) in [5.41, 5.74) is 1.37. The number of carbonyl (C=O) groups excluding carboxylic acids is 1. The van der Waals surface area contributed by atoms with Crippen LogP contribution in [0.5, 0.6) is 0 Å². The number of hydrogen-bond donors (Lipinski definition) is 1. The lowest BCUT2D eigenvalue weighted by Crippen LogP contribution is -2.23. The van der Waals surface area contributed by atoms with Gasteiger partial charge in [0, 0.05) is 15.7 Å². The quantitative estimate of drug-likeness (QED) is 0.407. The first-order valence-electron chi connectivity index (χ1n) is 9.47. The molecular formula is C21H22Cl3N5OS. The Kier molecular flexibility index (Phi) is 7.88. The molecule has 164 valence electrons. The van der Waals surface area contributed by atoms with Crippen molar-refractivity contribution in [2.24, 2.45) is 0 Å². The molecule has 0 fully saturated rings. The second kappa shape index (κ2) is 10.2. The first-order valence-corrected chi connectivity index (χ1v) is 11.5. The average molecular weight is 499 g/mol. The maximum Gasteiger partial charge on any atom is 0.237 e. The van der Waals surface area contributed by atoms with Crippen LogP contribution < -0.4 is 5.32 Å². The summed E-state index contributed by atoms with van der Waals surface area (Å²) in [6, 6.07) is 12.4. The largest absolute Gasteiger partial charge is 0.324 e. The van der Waals surface area contributed by atoms with E-state index in [-0.39, 0.29) is 11.9 Å². The molecule has 0 aliphatic rings. The van der Waals surface area contributed by atoms with Crippen molar-refractivity contribution in [1.82, 2.24) is 19.7 Å². The molecular weight excluding hydrogens is 477 g/mol. The zero-order valence-electron chi connectivity index (χ0n) is 17.4. The van der Waals surface area contributed by atoms with Crippen molar-refractivity contribution in [3.05, 3.63) is 63.4 Å². The SMILES string of the molecule is CC(Sc1nnc(C(C)N(C)C)n1-c1ccc(Cl)cc1)C(=O)Nc1ccc(Cl)cc1Cl. The lowest BCUT2D eigenvalue weighted by atomic mass is 10.2. The molecule has 0 aliphatic heterocycles. The van der Waals surface area contributed by atoms with Crippen LogP contribution >= 0.6 is 46.6 Å². The smallest absolute Gasteiger partial charge is 0.237 e. The average Bonchev–Trinajstić information content (AvgIpc) is 3.13. The van der Waals surface area contributed by atoms with E-state index in [9.17, 15) is 4.79 Å². The number of nitrogens with one attached hydrogen (secondary N) is 1. The molecule has 2 unspecified atom stereocenters. The molecule has 2 atom stereocenters. The lowest BCUT2D eigenvalue weighted by Gasteiger charge is -2.21. The third-order valence-electron chi connectivity index (χ3n) is 4.73. The van der Waals surface area contributed by atoms with Crippen LogP contribution in [0.1, 0.15) is 25.7 Å². The van der Waals surface area contributed by atoms with E-state index < -0.39 is 5.25 Å². The number of amides is 1. The number of nitrogens with zero attached hydrogens (tertiary/aromatic N) is 4. The fraction of sp³-hybridized carbons (Fsp3) is 0.286. The van der Waals surface area contributed by atoms with Crippen LogP contribution in [0.15, 0.2) is 47.6 Å². The summed E-state index contributed by atoms with van der Waals surface area (Å²) >= 11 is 19.5. The van der Waals surface area contributed by atoms with Gasteiger partial charge in [-0.2, -0.15) is 0 Å². The summed E-state index contributed by atoms with van der Waals surface area (Å²) in [6.45, 7) is 3.85. The summed E-state index contributed by atoms with van der Waals surface area (Å²) in [6.07, 6.45) is 0. The highest BCUT2D eigenvalue weighted by Crippen LogP contribution is 2.31. The first kappa shape index (κ1) is 23.9. The van der Waals surface area contributed by atoms with Gasteiger partial charge >= 0.3 is 0 Å². The molecule has 1 N–H and O–H groups in total. The topological polar surface area (TPSA) is 63.1 Å². The molecule has 1 aromatic heterocycles. The third kappa shape index (κ3) is 5.73. The molecule has 1 heterocycles. The van der Waals surface area contributed by atoms with E-state index in [0.717, 1.165) is 11.5 Å². The number of aromatic nitrogens is 3. The number of benzene rings is 2. The maximum atomic E-state index is 12.8. The Morgan fingerprint density at radius 3 is 2.29 bits per heavy atom. The van der Waals surface area contributed by atoms with Gasteiger partial charge in [0.1, 0.15) is 0 Å². The Hall–Kier alpha value is -1.77. The van der Waals surface area contributed by atoms with Gasteiger partial charge in [-0.05, 0) is 70.4 Å². The molecule has 0 spiro atoms. The summed E-state index contributed by atoms with van der Waals surface area (Å²) < 4.78 is 1.95. The minimum absolute atomic E-state index is 0.00883. The van der Waals surface area contributed by atoms with Gasteiger partial charge in [-0.15, -0.1) is 10.2 Å². The zero-order valence-corrected chi connectivity index (χ0v) is 20.5. The molecule has 10 heteroatoms. The van der Waals surface area contributed by atoms with Crippen LogP contribution in [0, 0.1) is 0 Å². The van der Waals surface area contributed by atoms with Crippen LogP contribution in [-0.4, -0.2) is 44.9 Å². The highest BCUT2D eigenvalue weighted by Gasteiger charge is 2.24. The van der Waals surface area contributed by atoms with Gasteiger partial charge in [0.15, 0.2) is 11.0 Å². The van der Waals surface area contributed by atoms with E-state index >= 15 is 0 Å². The minimum Gasteiger partial charge on any atom is -0.324 e. The first-order chi connectivity index (χ1) is 14.7. The van der Waals surface area contributed by atoms with Crippen molar-refractivity contribution in [3.8, 4) is 5.69 Å². The lowest BCUT2D eigenvalue weighted by molar-refractivity contribution is -0.115. The Bertz CT molecular complexity index is 1070. The fourth-order valence-corrected chi connectivity index (χ4v) is 4.18. The Labute approximate surface area is 200 Å². The van der Waals surface area contributed by atoms with E-state index in [2.05, 4.69) is 15.5 Å². The van der Waals surface area contributed by atoms with Gasteiger partial charge < -0.3 is 5.32 Å². The van der Waals surface area contributed by atoms with Crippen LogP contribution in [0.3, 0.4) is 0 Å². The molecule has 2 aromatic carbocycles. The van der Waals surface area contributed by atoms with Crippen molar-refractivity contribution < 1.29 is 4.79 Å². The molecule has 0 radical (unpaired) electrons. The molecule has 0 bridgehead atoms. The van der Waals surface area contributed by atoms with Crippen LogP contribution in [-0.2, 0) is 4.79 Å². The number of hydrogen-bond acceptors (Lipinski definition) is 5. The molecule has 0 saturated carbocycles. The van der Waals surface area contributed by atoms with E-state index in [0.29, 0.717) is 25.9 Å². The molecule has 0 aliphatic carbocycles. The van der Waals surface area contributed by atoms with Crippen LogP contribution in [0.4, 0.5) is 5.69 Å². The van der Waals surface area contributed by atoms with Gasteiger partial charge in [-0.1, -0.05) is 46.6 Å². The van der Waals surface area contributed by atoms with E-state index in [1.807, 2.05) is 54.8 Å². The number of anilines is 1. The Balaban J connectivity index is 1.87. The number of carbonyl (C=O) groups is 1. The number of rotatable bonds is 7. The standard InChI is InChI=1S/C21H22Cl3N5OS/c1-12(28(3)4)19-26-27-21(29(19)16-8-5-14(22)6-9-16)31-13(2)20(30)25-18-10-7-15(23)11-17(18)24/h5-13H,1-4H3,(H,25,30). The van der Waals surface area contributed by atoms with Gasteiger partial charge in [0.2, 0.25) is 5.91 Å². The summed E-state index contributed by atoms with van der Waals surface area (Å²) in [5.74, 6) is 0.560. The second-order valence-corrected chi connectivity index (χ2v) is 9.75. The van der Waals surface area contributed by atoms with E-state index in [4.69, 9.17) is 34.8 Å². The predicted molar refractivity (Wildman–Crippen MR) is 129 cm³/mol. The highest BCUT2D eigenvalue weighted by molar-refractivity contribution is 8.00. The fourth-order valence-electron chi connectivity index (χ4n) is 2.73. The molecule has 6 nitrogen and oxygen atoms in total. The van der Waals surface area contributed by atoms with E-state index in [1.165, 1.54) is 11.8 Å². The van der Waals surface area contributed by atoms with Crippen molar-refractivity contribution in [3.63, 3.8) is 0 Å². The van der Waals surface area contributed by atoms with Gasteiger partial charge in [-0.25, -0.2) is 0 Å². The normalized spacial score (nSPS) is 13.3. The summed E-state index contributed by atoms with van der Waals surface area (Å²) in [4.78, 5) is 14.8. The Morgan fingerprint density at radius 1 is 1.03 bits per heavy atom. The molecule has 0 saturated heterocycles. The summed E-state index contributed by atoms with van der Waals surface area (Å²) in [7, 11) is 3.95. The molecule has 1 amide bonds. The molecule has 3 aromatic rings. The molecule has 31 heavy (non-hydrogen) atoms. The third-order valence-corrected chi connectivity index (χ3v) is 6.57. The number of halogens is 3. The van der Waals surface area contributed by atoms with Gasteiger partial charge in [-0.3, -0.25) is 14.3 Å². The Morgan fingerprint density at radius 2 is 1.68 bits per heavy atom. The monoisotopic (exact) mass is 497 g/mol. The maximum absolute atomic E-state index is 12.8. The predicted octanol–water partition coefficient (Wildman–Crippen LogP) is 5.97. The zero-order chi connectivity index (χ0) is 22.7. The van der Waals surface area contributed by atoms with Crippen molar-refractivity contribution in [1.29, 1.82) is 0 Å². The van der Waals surface area contributed by atoms with Crippen molar-refractivity contribution in [2.75, 3.05) is 19.4 Å². The van der Waals surface area contributed by atoms with Crippen LogP contribution in [0.25, 0.3) is 5.69 Å². The summed E-state index contributed by atoms with van der Waals surface area (Å²) in [5, 5.41) is 13.3. The minimum atomic E-state index is -0.454. The second-order valence-electron chi connectivity index (χ2n) is 7.17. The van der Waals surface area contributed by atoms with Crippen molar-refractivity contribution in [2.45, 2.75) is 30.3 Å².